The SMILES string of the molecule is CSC(C)(C)CNc1nc2c(cnn2C(C)(C)C)c(=O)[nH]1. The Morgan fingerprint density at radius 2 is 2.00 bits per heavy atom. The summed E-state index contributed by atoms with van der Waals surface area (Å²) in [5.74, 6) is 0.487. The van der Waals surface area contributed by atoms with Crippen LogP contribution in [0.4, 0.5) is 5.95 Å². The van der Waals surface area contributed by atoms with E-state index in [1.165, 1.54) is 0 Å². The van der Waals surface area contributed by atoms with Gasteiger partial charge in [0, 0.05) is 11.3 Å². The third kappa shape index (κ3) is 3.40. The summed E-state index contributed by atoms with van der Waals surface area (Å²) in [6.45, 7) is 11.1. The summed E-state index contributed by atoms with van der Waals surface area (Å²) >= 11 is 1.76. The van der Waals surface area contributed by atoms with Crippen molar-refractivity contribution in [1.82, 2.24) is 19.7 Å². The molecular formula is C14H23N5OS. The second-order valence-electron chi connectivity index (χ2n) is 6.70. The maximum absolute atomic E-state index is 12.1. The molecule has 21 heavy (non-hydrogen) atoms. The smallest absolute Gasteiger partial charge is 0.263 e. The summed E-state index contributed by atoms with van der Waals surface area (Å²) in [5.41, 5.74) is 0.217. The Morgan fingerprint density at radius 1 is 1.33 bits per heavy atom. The van der Waals surface area contributed by atoms with Gasteiger partial charge in [0.05, 0.1) is 11.7 Å². The Hall–Kier alpha value is -1.50. The fourth-order valence-electron chi connectivity index (χ4n) is 1.86. The lowest BCUT2D eigenvalue weighted by Crippen LogP contribution is -2.28. The van der Waals surface area contributed by atoms with Gasteiger partial charge >= 0.3 is 0 Å². The van der Waals surface area contributed by atoms with Gasteiger partial charge in [-0.1, -0.05) is 0 Å². The molecule has 0 saturated carbocycles. The lowest BCUT2D eigenvalue weighted by molar-refractivity contribution is 0.366. The zero-order chi connectivity index (χ0) is 15.8. The molecule has 2 rings (SSSR count). The molecule has 0 aliphatic carbocycles. The summed E-state index contributed by atoms with van der Waals surface area (Å²) in [7, 11) is 0. The van der Waals surface area contributed by atoms with E-state index in [4.69, 9.17) is 0 Å². The Balaban J connectivity index is 2.41. The molecule has 2 aromatic heterocycles. The molecule has 2 N–H and O–H groups in total. The Bertz CT molecular complexity index is 695. The van der Waals surface area contributed by atoms with Crippen LogP contribution in [0.2, 0.25) is 0 Å². The third-order valence-corrected chi connectivity index (χ3v) is 4.56. The summed E-state index contributed by atoms with van der Waals surface area (Å²) in [6.07, 6.45) is 3.64. The molecule has 0 radical (unpaired) electrons. The lowest BCUT2D eigenvalue weighted by Gasteiger charge is -2.23. The molecule has 0 saturated heterocycles. The second kappa shape index (κ2) is 5.36. The fraction of sp³-hybridized carbons (Fsp3) is 0.643. The van der Waals surface area contributed by atoms with Gasteiger partial charge in [-0.3, -0.25) is 9.78 Å². The van der Waals surface area contributed by atoms with Gasteiger partial charge in [-0.25, -0.2) is 4.68 Å². The van der Waals surface area contributed by atoms with Crippen molar-refractivity contribution < 1.29 is 0 Å². The number of aromatic amines is 1. The van der Waals surface area contributed by atoms with Crippen molar-refractivity contribution in [2.45, 2.75) is 44.9 Å². The number of aromatic nitrogens is 4. The van der Waals surface area contributed by atoms with Crippen LogP contribution in [-0.4, -0.2) is 37.3 Å². The molecule has 0 bridgehead atoms. The molecule has 2 aromatic rings. The number of hydrogen-bond donors (Lipinski definition) is 2. The van der Waals surface area contributed by atoms with Crippen molar-refractivity contribution in [2.75, 3.05) is 18.1 Å². The van der Waals surface area contributed by atoms with Crippen LogP contribution in [0, 0.1) is 0 Å². The quantitative estimate of drug-likeness (QED) is 0.907. The molecule has 0 amide bonds. The number of thioether (sulfide) groups is 1. The number of fused-ring (bicyclic) bond motifs is 1. The van der Waals surface area contributed by atoms with Gasteiger partial charge in [-0.05, 0) is 40.9 Å². The van der Waals surface area contributed by atoms with Gasteiger partial charge in [0.1, 0.15) is 5.39 Å². The van der Waals surface area contributed by atoms with Crippen molar-refractivity contribution in [2.24, 2.45) is 0 Å². The fourth-order valence-corrected chi connectivity index (χ4v) is 2.08. The van der Waals surface area contributed by atoms with E-state index in [0.717, 1.165) is 0 Å². The average molecular weight is 309 g/mol. The van der Waals surface area contributed by atoms with Crippen LogP contribution in [-0.2, 0) is 5.54 Å². The van der Waals surface area contributed by atoms with E-state index < -0.39 is 0 Å². The predicted molar refractivity (Wildman–Crippen MR) is 89.2 cm³/mol. The number of rotatable bonds is 4. The normalized spacial score (nSPS) is 12.9. The van der Waals surface area contributed by atoms with Crippen molar-refractivity contribution in [1.29, 1.82) is 0 Å². The van der Waals surface area contributed by atoms with Gasteiger partial charge in [-0.15, -0.1) is 0 Å². The van der Waals surface area contributed by atoms with Crippen molar-refractivity contribution in [3.05, 3.63) is 16.6 Å². The van der Waals surface area contributed by atoms with Gasteiger partial charge < -0.3 is 5.32 Å². The molecular weight excluding hydrogens is 286 g/mol. The minimum atomic E-state index is -0.224. The second-order valence-corrected chi connectivity index (χ2v) is 8.21. The first-order valence-electron chi connectivity index (χ1n) is 6.91. The molecule has 0 unspecified atom stereocenters. The molecule has 6 nitrogen and oxygen atoms in total. The maximum atomic E-state index is 12.1. The summed E-state index contributed by atoms with van der Waals surface area (Å²) in [6, 6.07) is 0. The van der Waals surface area contributed by atoms with Crippen molar-refractivity contribution >= 4 is 28.7 Å². The van der Waals surface area contributed by atoms with Crippen LogP contribution < -0.4 is 10.9 Å². The first-order chi connectivity index (χ1) is 9.64. The van der Waals surface area contributed by atoms with Crippen LogP contribution in [0.5, 0.6) is 0 Å². The Kier molecular flexibility index (Phi) is 4.06. The number of hydrogen-bond acceptors (Lipinski definition) is 5. The molecule has 116 valence electrons. The van der Waals surface area contributed by atoms with E-state index in [1.54, 1.807) is 22.6 Å². The van der Waals surface area contributed by atoms with E-state index in [2.05, 4.69) is 40.5 Å². The Morgan fingerprint density at radius 3 is 2.57 bits per heavy atom. The molecule has 0 atom stereocenters. The van der Waals surface area contributed by atoms with E-state index in [9.17, 15) is 4.79 Å². The molecule has 0 aliphatic rings. The highest BCUT2D eigenvalue weighted by Gasteiger charge is 2.21. The number of anilines is 1. The monoisotopic (exact) mass is 309 g/mol. The number of nitrogens with one attached hydrogen (secondary N) is 2. The highest BCUT2D eigenvalue weighted by Crippen LogP contribution is 2.22. The Labute approximate surface area is 128 Å². The standard InChI is InChI=1S/C14H23N5OS/c1-13(2,3)19-10-9(7-16-19)11(20)18-12(17-10)15-8-14(4,5)21-6/h7H,8H2,1-6H3,(H2,15,17,18,20). The molecule has 7 heteroatoms. The first-order valence-corrected chi connectivity index (χ1v) is 8.14. The van der Waals surface area contributed by atoms with Gasteiger partial charge in [0.15, 0.2) is 5.65 Å². The van der Waals surface area contributed by atoms with Gasteiger partial charge in [0.25, 0.3) is 5.56 Å². The molecule has 0 fully saturated rings. The first kappa shape index (κ1) is 15.9. The minimum absolute atomic E-state index is 0.0673. The summed E-state index contributed by atoms with van der Waals surface area (Å²) < 4.78 is 1.85. The largest absolute Gasteiger partial charge is 0.354 e. The summed E-state index contributed by atoms with van der Waals surface area (Å²) in [4.78, 5) is 19.4. The molecule has 0 spiro atoms. The minimum Gasteiger partial charge on any atom is -0.354 e. The highest BCUT2D eigenvalue weighted by atomic mass is 32.2. The zero-order valence-corrected chi connectivity index (χ0v) is 14.3. The zero-order valence-electron chi connectivity index (χ0n) is 13.4. The lowest BCUT2D eigenvalue weighted by atomic mass is 10.1. The average Bonchev–Trinajstić information content (AvgIpc) is 2.81. The molecule has 2 heterocycles. The van der Waals surface area contributed by atoms with Crippen LogP contribution in [0.15, 0.2) is 11.0 Å². The van der Waals surface area contributed by atoms with E-state index in [-0.39, 0.29) is 15.8 Å². The predicted octanol–water partition coefficient (Wildman–Crippen LogP) is 2.43. The van der Waals surface area contributed by atoms with Crippen molar-refractivity contribution in [3.63, 3.8) is 0 Å². The van der Waals surface area contributed by atoms with Crippen LogP contribution in [0.3, 0.4) is 0 Å². The maximum Gasteiger partial charge on any atom is 0.263 e. The molecule has 0 aromatic carbocycles. The van der Waals surface area contributed by atoms with E-state index in [1.807, 2.05) is 20.8 Å². The van der Waals surface area contributed by atoms with Crippen LogP contribution in [0.1, 0.15) is 34.6 Å². The summed E-state index contributed by atoms with van der Waals surface area (Å²) in [5, 5.41) is 8.02. The number of nitrogens with zero attached hydrogens (tertiary/aromatic N) is 3. The van der Waals surface area contributed by atoms with Gasteiger partial charge in [0.2, 0.25) is 5.95 Å². The van der Waals surface area contributed by atoms with Crippen LogP contribution in [0.25, 0.3) is 11.0 Å². The van der Waals surface area contributed by atoms with Crippen LogP contribution >= 0.6 is 11.8 Å². The third-order valence-electron chi connectivity index (χ3n) is 3.31. The number of H-pyrrole nitrogens is 1. The van der Waals surface area contributed by atoms with E-state index in [0.29, 0.717) is 23.5 Å². The topological polar surface area (TPSA) is 75.6 Å². The van der Waals surface area contributed by atoms with Gasteiger partial charge in [-0.2, -0.15) is 21.8 Å². The highest BCUT2D eigenvalue weighted by molar-refractivity contribution is 7.99. The van der Waals surface area contributed by atoms with Crippen molar-refractivity contribution in [3.8, 4) is 0 Å². The molecule has 0 aliphatic heterocycles. The van der Waals surface area contributed by atoms with E-state index >= 15 is 0 Å².